The van der Waals surface area contributed by atoms with Gasteiger partial charge in [-0.25, -0.2) is 0 Å². The summed E-state index contributed by atoms with van der Waals surface area (Å²) in [7, 11) is 0. The van der Waals surface area contributed by atoms with Gasteiger partial charge in [-0.2, -0.15) is 0 Å². The maximum absolute atomic E-state index is 8.00. The Morgan fingerprint density at radius 3 is 0.611 bits per heavy atom. The zero-order valence-electron chi connectivity index (χ0n) is 9.30. The van der Waals surface area contributed by atoms with Gasteiger partial charge < -0.3 is 81.1 Å². The minimum absolute atomic E-state index is 0. The van der Waals surface area contributed by atoms with E-state index in [0.29, 0.717) is 0 Å². The van der Waals surface area contributed by atoms with Crippen molar-refractivity contribution in [3.05, 3.63) is 49.5 Å². The molecule has 0 fully saturated rings. The fourth-order valence-electron chi connectivity index (χ4n) is 0. The van der Waals surface area contributed by atoms with E-state index < -0.39 is 0 Å². The molecule has 9 nitrogen and oxygen atoms in total. The van der Waals surface area contributed by atoms with E-state index in [4.69, 9.17) is 81.1 Å². The molecule has 88 valence electrons. The van der Waals surface area contributed by atoms with Crippen LogP contribution in [-0.4, -0.2) is 59.1 Å². The summed E-state index contributed by atoms with van der Waals surface area (Å²) < 4.78 is 0. The van der Waals surface area contributed by atoms with E-state index in [1.807, 2.05) is 0 Å². The largest absolute Gasteiger partial charge is 0.512 e. The van der Waals surface area contributed by atoms with Crippen LogP contribution in [0, 0.1) is 81.1 Å². The molecule has 2 radical (unpaired) electrons. The molecule has 0 saturated heterocycles. The SMILES string of the molecule is O=N[O-].[C-]#N.[C-]#N.[C-]#N.[C-]#N.[C-]#N.[C-]#N.[Fe].[Na].[Na]. The Morgan fingerprint density at radius 1 is 0.611 bits per heavy atom. The van der Waals surface area contributed by atoms with Gasteiger partial charge >= 0.3 is 0 Å². The van der Waals surface area contributed by atoms with E-state index >= 15 is 0 Å². The van der Waals surface area contributed by atoms with Gasteiger partial charge in [0, 0.05) is 76.2 Å². The van der Waals surface area contributed by atoms with Crippen molar-refractivity contribution in [3.63, 3.8) is 0 Å². The van der Waals surface area contributed by atoms with E-state index in [0.717, 1.165) is 5.34 Å². The molecule has 0 heterocycles. The monoisotopic (exact) mass is 304 g/mol. The van der Waals surface area contributed by atoms with Crippen LogP contribution < -0.4 is 0 Å². The van der Waals surface area contributed by atoms with Crippen LogP contribution in [0.2, 0.25) is 0 Å². The van der Waals surface area contributed by atoms with Crippen LogP contribution in [-0.2, 0) is 17.1 Å². The summed E-state index contributed by atoms with van der Waals surface area (Å²) >= 11 is 0. The van der Waals surface area contributed by atoms with Crippen LogP contribution in [0.15, 0.2) is 5.34 Å². The van der Waals surface area contributed by atoms with Crippen molar-refractivity contribution in [2.45, 2.75) is 0 Å². The number of rotatable bonds is 0. The molecular formula is C6FeN7Na2O2-7. The van der Waals surface area contributed by atoms with Gasteiger partial charge in [-0.15, -0.1) is 5.34 Å². The average Bonchev–Trinajstić information content (AvgIpc) is 2.44. The van der Waals surface area contributed by atoms with Gasteiger partial charge in [-0.1, -0.05) is 0 Å². The molecule has 0 aliphatic carbocycles. The van der Waals surface area contributed by atoms with Crippen LogP contribution >= 0.6 is 0 Å². The van der Waals surface area contributed by atoms with Crippen molar-refractivity contribution in [2.24, 2.45) is 5.34 Å². The van der Waals surface area contributed by atoms with Gasteiger partial charge in [0.25, 0.3) is 0 Å². The molecule has 0 atom stereocenters. The fourth-order valence-corrected chi connectivity index (χ4v) is 0. The molecule has 0 aromatic carbocycles. The molecule has 0 aromatic heterocycles. The number of hydrogen-bond acceptors (Lipinski definition) is 9. The topological polar surface area (TPSA) is 195 Å². The van der Waals surface area contributed by atoms with E-state index in [1.165, 1.54) is 0 Å². The van der Waals surface area contributed by atoms with Gasteiger partial charge in [-0.3, -0.25) is 0 Å². The first-order valence-electron chi connectivity index (χ1n) is 1.71. The summed E-state index contributed by atoms with van der Waals surface area (Å²) in [5.74, 6) is 0. The smallest absolute Gasteiger partial charge is 0 e. The Balaban J connectivity index is -0.00000000508. The Bertz CT molecular complexity index is 143. The summed E-state index contributed by atoms with van der Waals surface area (Å²) in [6.45, 7) is 28.5. The second kappa shape index (κ2) is 177000. The first-order valence-corrected chi connectivity index (χ1v) is 1.71. The maximum atomic E-state index is 8.00. The molecule has 0 aliphatic rings. The zero-order valence-corrected chi connectivity index (χ0v) is 14.4. The first kappa shape index (κ1) is 90.1. The summed E-state index contributed by atoms with van der Waals surface area (Å²) in [6.07, 6.45) is 0. The van der Waals surface area contributed by atoms with Gasteiger partial charge in [0.2, 0.25) is 0 Å². The molecule has 0 rings (SSSR count). The molecule has 0 saturated carbocycles. The van der Waals surface area contributed by atoms with E-state index in [2.05, 4.69) is 0 Å². The summed E-state index contributed by atoms with van der Waals surface area (Å²) in [6, 6.07) is 0. The van der Waals surface area contributed by atoms with Crippen LogP contribution in [0.3, 0.4) is 0 Å². The third-order valence-electron chi connectivity index (χ3n) is 0. The standard InChI is InChI=1S/6CN.Fe.HNO2.2Na/c6*1-2;;2-1-3;;/h;;;;;;;(H,2,3);;/q6*-1;;;;/p-1. The molecule has 0 amide bonds. The fraction of sp³-hybridized carbons (Fsp3) is 0. The Morgan fingerprint density at radius 2 is 0.611 bits per heavy atom. The van der Waals surface area contributed by atoms with Crippen molar-refractivity contribution in [1.82, 2.24) is 0 Å². The Labute approximate surface area is 161 Å². The Kier molecular flexibility index (Phi) is 888000. The third-order valence-corrected chi connectivity index (χ3v) is 0. The van der Waals surface area contributed by atoms with Crippen molar-refractivity contribution in [2.75, 3.05) is 0 Å². The minimum Gasteiger partial charge on any atom is -0.512 e. The molecule has 18 heavy (non-hydrogen) atoms. The summed E-state index contributed by atoms with van der Waals surface area (Å²) in [4.78, 5) is 8.00. The summed E-state index contributed by atoms with van der Waals surface area (Å²) in [5, 5.41) is 46.5. The molecule has 0 bridgehead atoms. The van der Waals surface area contributed by atoms with Gasteiger partial charge in [0.15, 0.2) is 0 Å². The second-order valence-electron chi connectivity index (χ2n) is 0.0745. The molecule has 0 N–H and O–H groups in total. The molecule has 0 aliphatic heterocycles. The molecule has 12 heteroatoms. The van der Waals surface area contributed by atoms with Gasteiger partial charge in [0.05, 0.1) is 0 Å². The maximum Gasteiger partial charge on any atom is 0 e. The minimum atomic E-state index is 0. The van der Waals surface area contributed by atoms with Crippen molar-refractivity contribution in [1.29, 1.82) is 31.6 Å². The molecule has 0 unspecified atom stereocenters. The third kappa shape index (κ3) is 2190. The van der Waals surface area contributed by atoms with Crippen LogP contribution in [0.5, 0.6) is 0 Å². The molecule has 0 aromatic rings. The normalized spacial score (nSPS) is 1.33. The van der Waals surface area contributed by atoms with Crippen LogP contribution in [0.4, 0.5) is 0 Å². The zero-order chi connectivity index (χ0) is 14.7. The number of nitrogens with zero attached hydrogens (tertiary/aromatic N) is 7. The summed E-state index contributed by atoms with van der Waals surface area (Å²) in [5.41, 5.74) is 0. The average molecular weight is 304 g/mol. The predicted molar refractivity (Wildman–Crippen MR) is 50.5 cm³/mol. The van der Waals surface area contributed by atoms with E-state index in [1.54, 1.807) is 0 Å². The predicted octanol–water partition coefficient (Wildman–Crippen LogP) is 0.0647. The van der Waals surface area contributed by atoms with Crippen LogP contribution in [0.25, 0.3) is 0 Å². The first-order chi connectivity index (χ1) is 7.41. The Hall–Kier alpha value is -1.14. The second-order valence-corrected chi connectivity index (χ2v) is 0.0745. The van der Waals surface area contributed by atoms with Crippen molar-refractivity contribution >= 4 is 59.1 Å². The van der Waals surface area contributed by atoms with Crippen molar-refractivity contribution < 1.29 is 17.1 Å². The molecular weight excluding hydrogens is 304 g/mol. The van der Waals surface area contributed by atoms with Crippen molar-refractivity contribution in [3.8, 4) is 0 Å². The van der Waals surface area contributed by atoms with Crippen LogP contribution in [0.1, 0.15) is 0 Å². The molecule has 0 spiro atoms. The van der Waals surface area contributed by atoms with E-state index in [-0.39, 0.29) is 76.2 Å². The quantitative estimate of drug-likeness (QED) is 0.259. The van der Waals surface area contributed by atoms with Gasteiger partial charge in [0.1, 0.15) is 0 Å². The number of hydrogen-bond donors (Lipinski definition) is 0. The van der Waals surface area contributed by atoms with Gasteiger partial charge in [-0.05, 0) is 0 Å². The van der Waals surface area contributed by atoms with E-state index in [9.17, 15) is 0 Å².